The Morgan fingerprint density at radius 1 is 1.52 bits per heavy atom. The van der Waals surface area contributed by atoms with Crippen molar-refractivity contribution in [1.29, 1.82) is 5.26 Å². The number of benzene rings is 1. The van der Waals surface area contributed by atoms with Crippen LogP contribution in [0.15, 0.2) is 46.0 Å². The highest BCUT2D eigenvalue weighted by Gasteiger charge is 2.43. The Bertz CT molecular complexity index is 1020. The van der Waals surface area contributed by atoms with Crippen LogP contribution in [0.5, 0.6) is 0 Å². The van der Waals surface area contributed by atoms with Crippen molar-refractivity contribution >= 4 is 28.8 Å². The molecule has 0 amide bonds. The van der Waals surface area contributed by atoms with Crippen LogP contribution in [0.25, 0.3) is 0 Å². The Balaban J connectivity index is 1.94. The van der Waals surface area contributed by atoms with E-state index in [1.54, 1.807) is 19.2 Å². The zero-order valence-electron chi connectivity index (χ0n) is 15.5. The van der Waals surface area contributed by atoms with Crippen molar-refractivity contribution in [1.82, 2.24) is 9.88 Å². The maximum atomic E-state index is 13.7. The molecule has 0 radical (unpaired) electrons. The van der Waals surface area contributed by atoms with Crippen LogP contribution in [0.4, 0.5) is 4.39 Å². The van der Waals surface area contributed by atoms with E-state index in [1.165, 1.54) is 23.5 Å². The molecule has 1 fully saturated rings. The van der Waals surface area contributed by atoms with Crippen LogP contribution in [-0.2, 0) is 4.74 Å². The van der Waals surface area contributed by atoms with Gasteiger partial charge in [0, 0.05) is 41.0 Å². The lowest BCUT2D eigenvalue weighted by Gasteiger charge is -2.35. The molecule has 3 heterocycles. The van der Waals surface area contributed by atoms with Crippen LogP contribution >= 0.6 is 22.9 Å². The highest BCUT2D eigenvalue weighted by atomic mass is 35.5. The first-order chi connectivity index (χ1) is 14.0. The molecule has 29 heavy (non-hydrogen) atoms. The van der Waals surface area contributed by atoms with E-state index < -0.39 is 24.1 Å². The minimum Gasteiger partial charge on any atom is -0.364 e. The second kappa shape index (κ2) is 8.20. The molecule has 4 rings (SSSR count). The van der Waals surface area contributed by atoms with Crippen LogP contribution in [0.3, 0.4) is 0 Å². The first kappa shape index (κ1) is 20.0. The molecule has 1 N–H and O–H groups in total. The molecule has 9 heteroatoms. The fraction of sp³-hybridized carbons (Fsp3) is 0.350. The first-order valence-electron chi connectivity index (χ1n) is 9.18. The number of hydrogen-bond donors (Lipinski definition) is 1. The third-order valence-electron chi connectivity index (χ3n) is 4.99. The fourth-order valence-corrected chi connectivity index (χ4v) is 4.69. The lowest BCUT2D eigenvalue weighted by molar-refractivity contribution is -0.0720. The molecular weight excluding hydrogens is 415 g/mol. The van der Waals surface area contributed by atoms with Crippen molar-refractivity contribution in [2.24, 2.45) is 10.9 Å². The van der Waals surface area contributed by atoms with Gasteiger partial charge in [-0.15, -0.1) is 11.3 Å². The van der Waals surface area contributed by atoms with Crippen LogP contribution in [0, 0.1) is 23.1 Å². The molecule has 0 bridgehead atoms. The predicted molar refractivity (Wildman–Crippen MR) is 108 cm³/mol. The van der Waals surface area contributed by atoms with Crippen LogP contribution in [0.1, 0.15) is 30.0 Å². The zero-order chi connectivity index (χ0) is 20.5. The molecule has 2 aliphatic heterocycles. The summed E-state index contributed by atoms with van der Waals surface area (Å²) >= 11 is 7.78. The Hall–Kier alpha value is -2.31. The number of aliphatic hydroxyl groups is 1. The monoisotopic (exact) mass is 432 g/mol. The van der Waals surface area contributed by atoms with Gasteiger partial charge in [0.1, 0.15) is 11.9 Å². The zero-order valence-corrected chi connectivity index (χ0v) is 17.1. The Morgan fingerprint density at radius 3 is 3.00 bits per heavy atom. The molecule has 3 atom stereocenters. The highest BCUT2D eigenvalue weighted by molar-refractivity contribution is 7.11. The number of ether oxygens (including phenoxy) is 1. The summed E-state index contributed by atoms with van der Waals surface area (Å²) in [6.45, 7) is 2.63. The number of aliphatic hydroxyl groups excluding tert-OH is 1. The van der Waals surface area contributed by atoms with Gasteiger partial charge in [-0.3, -0.25) is 4.99 Å². The minimum absolute atomic E-state index is 0.194. The number of halogens is 2. The summed E-state index contributed by atoms with van der Waals surface area (Å²) in [5.74, 6) is -0.270. The number of aliphatic imine (C=N–C) groups is 1. The van der Waals surface area contributed by atoms with Crippen molar-refractivity contribution in [2.75, 3.05) is 13.2 Å². The number of rotatable bonds is 5. The molecule has 0 spiro atoms. The predicted octanol–water partition coefficient (Wildman–Crippen LogP) is 3.89. The smallest absolute Gasteiger partial charge is 0.181 e. The number of thiazole rings is 1. The van der Waals surface area contributed by atoms with Crippen molar-refractivity contribution < 1.29 is 14.2 Å². The fourth-order valence-electron chi connectivity index (χ4n) is 3.78. The molecular formula is C20H18ClFN4O2S. The van der Waals surface area contributed by atoms with Crippen molar-refractivity contribution in [3.05, 3.63) is 62.5 Å². The van der Waals surface area contributed by atoms with Gasteiger partial charge in [0.2, 0.25) is 0 Å². The van der Waals surface area contributed by atoms with E-state index in [0.717, 1.165) is 0 Å². The lowest BCUT2D eigenvalue weighted by atomic mass is 9.91. The number of aromatic nitrogens is 1. The average molecular weight is 433 g/mol. The summed E-state index contributed by atoms with van der Waals surface area (Å²) in [5, 5.41) is 23.3. The summed E-state index contributed by atoms with van der Waals surface area (Å²) in [6, 6.07) is 5.67. The molecule has 1 saturated heterocycles. The lowest BCUT2D eigenvalue weighted by Crippen LogP contribution is -2.37. The van der Waals surface area contributed by atoms with Gasteiger partial charge in [-0.25, -0.2) is 9.37 Å². The van der Waals surface area contributed by atoms with E-state index in [9.17, 15) is 14.8 Å². The number of amidine groups is 1. The minimum atomic E-state index is -1.26. The number of hydrogen-bond acceptors (Lipinski definition) is 7. The van der Waals surface area contributed by atoms with E-state index in [4.69, 9.17) is 21.3 Å². The molecule has 1 aromatic carbocycles. The summed E-state index contributed by atoms with van der Waals surface area (Å²) in [7, 11) is 0. The third-order valence-corrected chi connectivity index (χ3v) is 6.08. The molecule has 0 aliphatic carbocycles. The molecule has 2 aliphatic rings. The van der Waals surface area contributed by atoms with Crippen molar-refractivity contribution in [3.63, 3.8) is 0 Å². The Labute approximate surface area is 176 Å². The van der Waals surface area contributed by atoms with Gasteiger partial charge in [0.25, 0.3) is 0 Å². The topological polar surface area (TPSA) is 81.7 Å². The van der Waals surface area contributed by atoms with Gasteiger partial charge >= 0.3 is 0 Å². The summed E-state index contributed by atoms with van der Waals surface area (Å²) in [6.07, 6.45) is 1.02. The molecule has 6 nitrogen and oxygen atoms in total. The van der Waals surface area contributed by atoms with Crippen LogP contribution in [0.2, 0.25) is 5.02 Å². The molecule has 0 saturated carbocycles. The average Bonchev–Trinajstić information content (AvgIpc) is 3.37. The van der Waals surface area contributed by atoms with Gasteiger partial charge < -0.3 is 14.7 Å². The number of nitrogens with zero attached hydrogens (tertiary/aromatic N) is 4. The molecule has 1 aromatic heterocycles. The SMILES string of the molecule is CCOC(O)C1=C2C(C#N)CCN2C(c2nccs2)=NC1c1ccc(F)cc1Cl. The van der Waals surface area contributed by atoms with Gasteiger partial charge in [-0.2, -0.15) is 5.26 Å². The number of allylic oxidation sites excluding steroid dienone is 1. The maximum Gasteiger partial charge on any atom is 0.181 e. The molecule has 150 valence electrons. The van der Waals surface area contributed by atoms with Gasteiger partial charge in [0.05, 0.1) is 12.0 Å². The van der Waals surface area contributed by atoms with E-state index in [2.05, 4.69) is 11.1 Å². The van der Waals surface area contributed by atoms with Crippen molar-refractivity contribution in [3.8, 4) is 6.07 Å². The van der Waals surface area contributed by atoms with E-state index in [0.29, 0.717) is 40.6 Å². The summed E-state index contributed by atoms with van der Waals surface area (Å²) in [5.41, 5.74) is 1.66. The number of nitriles is 1. The maximum absolute atomic E-state index is 13.7. The van der Waals surface area contributed by atoms with Gasteiger partial charge in [-0.1, -0.05) is 17.7 Å². The molecule has 3 unspecified atom stereocenters. The normalized spacial score (nSPS) is 22.3. The van der Waals surface area contributed by atoms with E-state index in [1.807, 2.05) is 10.3 Å². The standard InChI is InChI=1S/C20H18ClFN4O2S/c1-2-28-20(27)15-16(13-4-3-12(22)9-14(13)21)25-18(19-24-6-8-29-19)26-7-5-11(10-23)17(15)26/h3-4,6,8-9,11,16,20,27H,2,5,7H2,1H3. The van der Waals surface area contributed by atoms with E-state index in [-0.39, 0.29) is 11.6 Å². The highest BCUT2D eigenvalue weighted by Crippen LogP contribution is 2.45. The third kappa shape index (κ3) is 3.55. The Kier molecular flexibility index (Phi) is 5.65. The van der Waals surface area contributed by atoms with Gasteiger partial charge in [-0.05, 0) is 31.0 Å². The Morgan fingerprint density at radius 2 is 2.34 bits per heavy atom. The van der Waals surface area contributed by atoms with E-state index >= 15 is 0 Å². The number of fused-ring (bicyclic) bond motifs is 1. The largest absolute Gasteiger partial charge is 0.364 e. The van der Waals surface area contributed by atoms with Crippen LogP contribution < -0.4 is 0 Å². The second-order valence-corrected chi connectivity index (χ2v) is 7.93. The van der Waals surface area contributed by atoms with Crippen molar-refractivity contribution in [2.45, 2.75) is 25.7 Å². The first-order valence-corrected chi connectivity index (χ1v) is 10.4. The van der Waals surface area contributed by atoms with Gasteiger partial charge in [0.15, 0.2) is 17.1 Å². The van der Waals surface area contributed by atoms with Crippen LogP contribution in [-0.4, -0.2) is 40.3 Å². The molecule has 2 aromatic rings. The second-order valence-electron chi connectivity index (χ2n) is 6.63. The summed E-state index contributed by atoms with van der Waals surface area (Å²) in [4.78, 5) is 11.2. The summed E-state index contributed by atoms with van der Waals surface area (Å²) < 4.78 is 19.1. The quantitative estimate of drug-likeness (QED) is 0.725.